The van der Waals surface area contributed by atoms with Crippen LogP contribution >= 0.6 is 11.6 Å². The Morgan fingerprint density at radius 2 is 1.84 bits per heavy atom. The van der Waals surface area contributed by atoms with Crippen molar-refractivity contribution in [2.45, 2.75) is 6.42 Å². The molecule has 0 radical (unpaired) electrons. The molecule has 0 aliphatic heterocycles. The van der Waals surface area contributed by atoms with Crippen molar-refractivity contribution in [3.8, 4) is 11.5 Å². The molecule has 5 heteroatoms. The van der Waals surface area contributed by atoms with Crippen LogP contribution in [0.4, 0.5) is 0 Å². The van der Waals surface area contributed by atoms with Gasteiger partial charge in [0.15, 0.2) is 11.5 Å². The second-order valence-electron chi connectivity index (χ2n) is 5.54. The molecule has 0 bridgehead atoms. The van der Waals surface area contributed by atoms with Gasteiger partial charge in [-0.25, -0.2) is 4.98 Å². The van der Waals surface area contributed by atoms with Gasteiger partial charge in [-0.3, -0.25) is 4.99 Å². The third kappa shape index (κ3) is 4.09. The summed E-state index contributed by atoms with van der Waals surface area (Å²) in [4.78, 5) is 8.88. The number of aliphatic imine (C=N–C) groups is 1. The third-order valence-electron chi connectivity index (χ3n) is 3.91. The van der Waals surface area contributed by atoms with E-state index in [4.69, 9.17) is 21.1 Å². The first kappa shape index (κ1) is 17.2. The molecule has 3 rings (SSSR count). The summed E-state index contributed by atoms with van der Waals surface area (Å²) in [5.74, 6) is 1.45. The first-order valence-corrected chi connectivity index (χ1v) is 8.35. The molecule has 25 heavy (non-hydrogen) atoms. The maximum Gasteiger partial charge on any atom is 0.160 e. The summed E-state index contributed by atoms with van der Waals surface area (Å²) >= 11 is 6.24. The van der Waals surface area contributed by atoms with Gasteiger partial charge in [-0.05, 0) is 36.2 Å². The van der Waals surface area contributed by atoms with Gasteiger partial charge in [-0.1, -0.05) is 35.9 Å². The van der Waals surface area contributed by atoms with Gasteiger partial charge in [0.2, 0.25) is 0 Å². The Kier molecular flexibility index (Phi) is 5.51. The van der Waals surface area contributed by atoms with Crippen molar-refractivity contribution in [3.63, 3.8) is 0 Å². The summed E-state index contributed by atoms with van der Waals surface area (Å²) in [6.07, 6.45) is 2.58. The molecule has 1 heterocycles. The topological polar surface area (TPSA) is 43.7 Å². The fourth-order valence-electron chi connectivity index (χ4n) is 2.59. The summed E-state index contributed by atoms with van der Waals surface area (Å²) in [6.45, 7) is 0.651. The number of fused-ring (bicyclic) bond motifs is 1. The van der Waals surface area contributed by atoms with Crippen LogP contribution in [0.2, 0.25) is 5.15 Å². The van der Waals surface area contributed by atoms with E-state index in [1.54, 1.807) is 20.4 Å². The number of hydrogen-bond acceptors (Lipinski definition) is 4. The van der Waals surface area contributed by atoms with Crippen molar-refractivity contribution in [2.24, 2.45) is 4.99 Å². The van der Waals surface area contributed by atoms with Crippen molar-refractivity contribution in [3.05, 3.63) is 64.8 Å². The molecule has 0 aliphatic carbocycles. The van der Waals surface area contributed by atoms with Crippen molar-refractivity contribution >= 4 is 28.7 Å². The molecule has 0 atom stereocenters. The molecular formula is C20H19ClN2O2. The Morgan fingerprint density at radius 3 is 2.64 bits per heavy atom. The van der Waals surface area contributed by atoms with Gasteiger partial charge < -0.3 is 9.47 Å². The average molecular weight is 355 g/mol. The molecule has 2 aromatic carbocycles. The Hall–Kier alpha value is -2.59. The number of benzene rings is 2. The van der Waals surface area contributed by atoms with E-state index in [0.717, 1.165) is 39.9 Å². The zero-order chi connectivity index (χ0) is 17.6. The Labute approximate surface area is 152 Å². The van der Waals surface area contributed by atoms with Crippen molar-refractivity contribution in [2.75, 3.05) is 20.8 Å². The highest BCUT2D eigenvalue weighted by molar-refractivity contribution is 6.32. The lowest BCUT2D eigenvalue weighted by Gasteiger charge is -2.08. The highest BCUT2D eigenvalue weighted by Crippen LogP contribution is 2.27. The molecule has 128 valence electrons. The lowest BCUT2D eigenvalue weighted by molar-refractivity contribution is 0.354. The minimum Gasteiger partial charge on any atom is -0.493 e. The standard InChI is InChI=1S/C20H19ClN2O2/c1-24-18-8-7-14(11-19(18)25-2)9-10-22-13-16-12-15-5-3-4-6-17(15)23-20(16)21/h3-8,11-13H,9-10H2,1-2H3. The van der Waals surface area contributed by atoms with Gasteiger partial charge >= 0.3 is 0 Å². The zero-order valence-electron chi connectivity index (χ0n) is 14.2. The number of aromatic nitrogens is 1. The molecule has 4 nitrogen and oxygen atoms in total. The molecule has 0 aliphatic rings. The third-order valence-corrected chi connectivity index (χ3v) is 4.22. The van der Waals surface area contributed by atoms with E-state index in [9.17, 15) is 0 Å². The molecule has 3 aromatic rings. The van der Waals surface area contributed by atoms with Gasteiger partial charge in [0, 0.05) is 23.7 Å². The predicted molar refractivity (Wildman–Crippen MR) is 102 cm³/mol. The molecule has 0 spiro atoms. The van der Waals surface area contributed by atoms with E-state index in [0.29, 0.717) is 11.7 Å². The molecule has 1 aromatic heterocycles. The maximum absolute atomic E-state index is 6.24. The van der Waals surface area contributed by atoms with E-state index in [1.807, 2.05) is 48.5 Å². The number of nitrogens with zero attached hydrogens (tertiary/aromatic N) is 2. The summed E-state index contributed by atoms with van der Waals surface area (Å²) in [5.41, 5.74) is 2.85. The van der Waals surface area contributed by atoms with Gasteiger partial charge in [0.25, 0.3) is 0 Å². The number of ether oxygens (including phenoxy) is 2. The highest BCUT2D eigenvalue weighted by atomic mass is 35.5. The number of rotatable bonds is 6. The number of hydrogen-bond donors (Lipinski definition) is 0. The van der Waals surface area contributed by atoms with Gasteiger partial charge in [0.1, 0.15) is 5.15 Å². The van der Waals surface area contributed by atoms with E-state index in [2.05, 4.69) is 9.98 Å². The van der Waals surface area contributed by atoms with E-state index in [-0.39, 0.29) is 0 Å². The predicted octanol–water partition coefficient (Wildman–Crippen LogP) is 4.57. The SMILES string of the molecule is COc1ccc(CCN=Cc2cc3ccccc3nc2Cl)cc1OC. The van der Waals surface area contributed by atoms with E-state index >= 15 is 0 Å². The number of pyridine rings is 1. The van der Waals surface area contributed by atoms with Crippen LogP contribution < -0.4 is 9.47 Å². The van der Waals surface area contributed by atoms with E-state index in [1.165, 1.54) is 0 Å². The van der Waals surface area contributed by atoms with Crippen LogP contribution in [-0.4, -0.2) is 32.0 Å². The largest absolute Gasteiger partial charge is 0.493 e. The van der Waals surface area contributed by atoms with Crippen molar-refractivity contribution < 1.29 is 9.47 Å². The van der Waals surface area contributed by atoms with Crippen LogP contribution in [0.25, 0.3) is 10.9 Å². The minimum absolute atomic E-state index is 0.466. The first-order valence-electron chi connectivity index (χ1n) is 7.97. The van der Waals surface area contributed by atoms with Crippen LogP contribution in [0.15, 0.2) is 53.5 Å². The summed E-state index contributed by atoms with van der Waals surface area (Å²) < 4.78 is 10.6. The number of para-hydroxylation sites is 1. The van der Waals surface area contributed by atoms with Crippen LogP contribution in [0.1, 0.15) is 11.1 Å². The molecule has 0 saturated heterocycles. The van der Waals surface area contributed by atoms with Crippen LogP contribution in [0.3, 0.4) is 0 Å². The number of methoxy groups -OCH3 is 2. The second-order valence-corrected chi connectivity index (χ2v) is 5.89. The average Bonchev–Trinajstić information content (AvgIpc) is 2.65. The van der Waals surface area contributed by atoms with Crippen LogP contribution in [0.5, 0.6) is 11.5 Å². The molecule has 0 amide bonds. The smallest absolute Gasteiger partial charge is 0.160 e. The van der Waals surface area contributed by atoms with Crippen molar-refractivity contribution in [1.82, 2.24) is 4.98 Å². The van der Waals surface area contributed by atoms with E-state index < -0.39 is 0 Å². The monoisotopic (exact) mass is 354 g/mol. The summed E-state index contributed by atoms with van der Waals surface area (Å²) in [5, 5.41) is 1.52. The summed E-state index contributed by atoms with van der Waals surface area (Å²) in [7, 11) is 3.26. The highest BCUT2D eigenvalue weighted by Gasteiger charge is 2.05. The molecule has 0 fully saturated rings. The minimum atomic E-state index is 0.466. The zero-order valence-corrected chi connectivity index (χ0v) is 15.0. The fourth-order valence-corrected chi connectivity index (χ4v) is 2.79. The lowest BCUT2D eigenvalue weighted by atomic mass is 10.1. The van der Waals surface area contributed by atoms with Gasteiger partial charge in [-0.15, -0.1) is 0 Å². The van der Waals surface area contributed by atoms with Crippen molar-refractivity contribution in [1.29, 1.82) is 0 Å². The van der Waals surface area contributed by atoms with Crippen LogP contribution in [0, 0.1) is 0 Å². The van der Waals surface area contributed by atoms with Gasteiger partial charge in [0.05, 0.1) is 19.7 Å². The lowest BCUT2D eigenvalue weighted by Crippen LogP contribution is -1.95. The maximum atomic E-state index is 6.24. The molecule has 0 N–H and O–H groups in total. The molecular weight excluding hydrogens is 336 g/mol. The van der Waals surface area contributed by atoms with Crippen LogP contribution in [-0.2, 0) is 6.42 Å². The number of halogens is 1. The quantitative estimate of drug-likeness (QED) is 0.481. The molecule has 0 unspecified atom stereocenters. The Bertz CT molecular complexity index is 909. The van der Waals surface area contributed by atoms with Gasteiger partial charge in [-0.2, -0.15) is 0 Å². The fraction of sp³-hybridized carbons (Fsp3) is 0.200. The first-order chi connectivity index (χ1) is 12.2. The Morgan fingerprint density at radius 1 is 1.04 bits per heavy atom. The Balaban J connectivity index is 1.68. The second kappa shape index (κ2) is 7.99. The normalized spacial score (nSPS) is 11.2. The molecule has 0 saturated carbocycles. The summed E-state index contributed by atoms with van der Waals surface area (Å²) in [6, 6.07) is 15.8.